The molecule has 0 radical (unpaired) electrons. The van der Waals surface area contributed by atoms with Gasteiger partial charge in [0, 0.05) is 17.3 Å². The summed E-state index contributed by atoms with van der Waals surface area (Å²) in [5.74, 6) is 1.52. The van der Waals surface area contributed by atoms with Crippen LogP contribution >= 0.6 is 15.9 Å². The van der Waals surface area contributed by atoms with Crippen LogP contribution in [0.1, 0.15) is 41.9 Å². The summed E-state index contributed by atoms with van der Waals surface area (Å²) in [6.45, 7) is 4.66. The number of fused-ring (bicyclic) bond motifs is 4. The van der Waals surface area contributed by atoms with E-state index in [4.69, 9.17) is 10.2 Å². The Morgan fingerprint density at radius 2 is 2.18 bits per heavy atom. The predicted molar refractivity (Wildman–Crippen MR) is 86.7 cm³/mol. The zero-order valence-corrected chi connectivity index (χ0v) is 14.0. The lowest BCUT2D eigenvalue weighted by Crippen LogP contribution is -2.52. The first kappa shape index (κ1) is 14.2. The van der Waals surface area contributed by atoms with Crippen LogP contribution in [0, 0.1) is 5.92 Å². The number of carbonyl (C=O) groups is 1. The molecule has 3 aliphatic rings. The van der Waals surface area contributed by atoms with E-state index in [1.54, 1.807) is 12.3 Å². The highest BCUT2D eigenvalue weighted by molar-refractivity contribution is 9.10. The zero-order valence-electron chi connectivity index (χ0n) is 12.4. The maximum absolute atomic E-state index is 11.3. The van der Waals surface area contributed by atoms with E-state index < -0.39 is 5.91 Å². The summed E-state index contributed by atoms with van der Waals surface area (Å²) in [4.78, 5) is 17.9. The van der Waals surface area contributed by atoms with Crippen molar-refractivity contribution < 1.29 is 9.21 Å². The lowest BCUT2D eigenvalue weighted by atomic mass is 9.73. The fraction of sp³-hybridized carbons (Fsp3) is 0.500. The fourth-order valence-corrected chi connectivity index (χ4v) is 4.74. The second-order valence-corrected chi connectivity index (χ2v) is 7.14. The van der Waals surface area contributed by atoms with Crippen molar-refractivity contribution in [1.29, 1.82) is 0 Å². The molecule has 2 N–H and O–H groups in total. The summed E-state index contributed by atoms with van der Waals surface area (Å²) in [6, 6.07) is 2.19. The number of nitrogens with zero attached hydrogens (tertiary/aromatic N) is 2. The molecular weight excluding hydrogens is 346 g/mol. The van der Waals surface area contributed by atoms with Gasteiger partial charge in [-0.05, 0) is 60.8 Å². The second-order valence-electron chi connectivity index (χ2n) is 6.35. The minimum absolute atomic E-state index is 0.266. The molecule has 0 spiro atoms. The topological polar surface area (TPSA) is 72.4 Å². The average Bonchev–Trinajstić information content (AvgIpc) is 2.85. The van der Waals surface area contributed by atoms with Gasteiger partial charge >= 0.3 is 0 Å². The van der Waals surface area contributed by atoms with E-state index in [0.717, 1.165) is 15.6 Å². The summed E-state index contributed by atoms with van der Waals surface area (Å²) in [6.07, 6.45) is 4.04. The van der Waals surface area contributed by atoms with Crippen LogP contribution in [0.5, 0.6) is 0 Å². The highest BCUT2D eigenvalue weighted by Gasteiger charge is 2.43. The first-order chi connectivity index (χ1) is 10.6. The zero-order chi connectivity index (χ0) is 15.4. The van der Waals surface area contributed by atoms with Crippen molar-refractivity contribution in [1.82, 2.24) is 9.88 Å². The Balaban J connectivity index is 1.82. The highest BCUT2D eigenvalue weighted by Crippen LogP contribution is 2.47. The number of aromatic nitrogens is 1. The summed E-state index contributed by atoms with van der Waals surface area (Å²) in [5.41, 5.74) is 6.29. The molecule has 3 aliphatic heterocycles. The van der Waals surface area contributed by atoms with Crippen molar-refractivity contribution in [3.8, 4) is 0 Å². The number of furan rings is 1. The van der Waals surface area contributed by atoms with Gasteiger partial charge in [-0.15, -0.1) is 0 Å². The third kappa shape index (κ3) is 2.01. The predicted octanol–water partition coefficient (Wildman–Crippen LogP) is 2.89. The molecule has 2 bridgehead atoms. The number of pyridine rings is 1. The second kappa shape index (κ2) is 5.06. The molecule has 6 heteroatoms. The molecule has 2 aromatic heterocycles. The average molecular weight is 364 g/mol. The maximum atomic E-state index is 11.3. The Morgan fingerprint density at radius 3 is 2.82 bits per heavy atom. The Labute approximate surface area is 137 Å². The minimum Gasteiger partial charge on any atom is -0.458 e. The molecule has 0 unspecified atom stereocenters. The van der Waals surface area contributed by atoms with E-state index in [9.17, 15) is 4.79 Å². The number of nitrogens with two attached hydrogens (primary N) is 1. The Kier molecular flexibility index (Phi) is 3.27. The van der Waals surface area contributed by atoms with E-state index in [-0.39, 0.29) is 5.69 Å². The number of halogens is 1. The van der Waals surface area contributed by atoms with Gasteiger partial charge in [-0.25, -0.2) is 4.98 Å². The van der Waals surface area contributed by atoms with E-state index in [2.05, 4.69) is 32.7 Å². The molecule has 0 saturated carbocycles. The van der Waals surface area contributed by atoms with Crippen molar-refractivity contribution >= 4 is 32.8 Å². The van der Waals surface area contributed by atoms with Gasteiger partial charge in [0.05, 0.1) is 10.7 Å². The molecule has 2 atom stereocenters. The SMILES string of the molecule is C[C@H]1[C@H](c2oc3cnc(C(N)=O)cc3c2Br)C2CCN1CC2. The maximum Gasteiger partial charge on any atom is 0.267 e. The van der Waals surface area contributed by atoms with Crippen molar-refractivity contribution in [3.63, 3.8) is 0 Å². The van der Waals surface area contributed by atoms with Crippen LogP contribution in [0.3, 0.4) is 0 Å². The molecule has 22 heavy (non-hydrogen) atoms. The van der Waals surface area contributed by atoms with E-state index in [1.807, 2.05) is 0 Å². The van der Waals surface area contributed by atoms with E-state index >= 15 is 0 Å². The van der Waals surface area contributed by atoms with Crippen LogP contribution in [0.25, 0.3) is 11.0 Å². The van der Waals surface area contributed by atoms with Crippen molar-refractivity contribution in [2.24, 2.45) is 11.7 Å². The number of rotatable bonds is 2. The first-order valence-electron chi connectivity index (χ1n) is 7.68. The summed E-state index contributed by atoms with van der Waals surface area (Å²) >= 11 is 3.68. The number of carbonyl (C=O) groups excluding carboxylic acids is 1. The van der Waals surface area contributed by atoms with Gasteiger partial charge in [-0.2, -0.15) is 0 Å². The van der Waals surface area contributed by atoms with Gasteiger partial charge in [0.2, 0.25) is 0 Å². The molecule has 0 aliphatic carbocycles. The largest absolute Gasteiger partial charge is 0.458 e. The number of hydrogen-bond donors (Lipinski definition) is 1. The van der Waals surface area contributed by atoms with Gasteiger partial charge in [0.25, 0.3) is 5.91 Å². The monoisotopic (exact) mass is 363 g/mol. The molecular formula is C16H18BrN3O2. The Morgan fingerprint density at radius 1 is 1.45 bits per heavy atom. The Bertz CT molecular complexity index is 747. The first-order valence-corrected chi connectivity index (χ1v) is 8.47. The van der Waals surface area contributed by atoms with Gasteiger partial charge in [0.1, 0.15) is 11.5 Å². The highest BCUT2D eigenvalue weighted by atomic mass is 79.9. The van der Waals surface area contributed by atoms with Crippen LogP contribution in [0.4, 0.5) is 0 Å². The summed E-state index contributed by atoms with van der Waals surface area (Å²) < 4.78 is 7.05. The Hall–Kier alpha value is -1.40. The van der Waals surface area contributed by atoms with Crippen LogP contribution < -0.4 is 5.73 Å². The molecule has 2 aromatic rings. The third-order valence-electron chi connectivity index (χ3n) is 5.27. The third-order valence-corrected chi connectivity index (χ3v) is 6.09. The lowest BCUT2D eigenvalue weighted by Gasteiger charge is -2.49. The molecule has 5 nitrogen and oxygen atoms in total. The molecule has 0 aromatic carbocycles. The van der Waals surface area contributed by atoms with Crippen molar-refractivity contribution in [3.05, 3.63) is 28.2 Å². The van der Waals surface area contributed by atoms with Crippen LogP contribution in [0.15, 0.2) is 21.2 Å². The van der Waals surface area contributed by atoms with Crippen LogP contribution in [-0.2, 0) is 0 Å². The molecule has 3 saturated heterocycles. The van der Waals surface area contributed by atoms with Gasteiger partial charge in [-0.1, -0.05) is 0 Å². The summed E-state index contributed by atoms with van der Waals surface area (Å²) in [5, 5.41) is 0.877. The molecule has 1 amide bonds. The number of primary amides is 1. The van der Waals surface area contributed by atoms with Crippen molar-refractivity contribution in [2.75, 3.05) is 13.1 Å². The van der Waals surface area contributed by atoms with Crippen LogP contribution in [0.2, 0.25) is 0 Å². The van der Waals surface area contributed by atoms with Gasteiger partial charge < -0.3 is 10.2 Å². The normalized spacial score (nSPS) is 30.8. The van der Waals surface area contributed by atoms with Crippen LogP contribution in [-0.4, -0.2) is 34.9 Å². The quantitative estimate of drug-likeness (QED) is 0.890. The number of amides is 1. The van der Waals surface area contributed by atoms with E-state index in [0.29, 0.717) is 23.5 Å². The lowest BCUT2D eigenvalue weighted by molar-refractivity contribution is 0.0272. The smallest absolute Gasteiger partial charge is 0.267 e. The standard InChI is InChI=1S/C16H18BrN3O2/c1-8-13(9-2-4-20(8)5-3-9)15-14(17)10-6-11(16(18)21)19-7-12(10)22-15/h6-9,13H,2-5H2,1H3,(H2,18,21)/t8-,13-/m0/s1. The minimum atomic E-state index is -0.521. The number of piperidine rings is 3. The number of hydrogen-bond acceptors (Lipinski definition) is 4. The van der Waals surface area contributed by atoms with Crippen molar-refractivity contribution in [2.45, 2.75) is 31.7 Å². The molecule has 5 heterocycles. The fourth-order valence-electron chi connectivity index (χ4n) is 4.08. The van der Waals surface area contributed by atoms with E-state index in [1.165, 1.54) is 25.9 Å². The summed E-state index contributed by atoms with van der Waals surface area (Å²) in [7, 11) is 0. The van der Waals surface area contributed by atoms with Gasteiger partial charge in [0.15, 0.2) is 5.58 Å². The van der Waals surface area contributed by atoms with Gasteiger partial charge in [-0.3, -0.25) is 9.69 Å². The molecule has 5 rings (SSSR count). The molecule has 116 valence electrons. The molecule has 3 fully saturated rings.